The highest BCUT2D eigenvalue weighted by Gasteiger charge is 2.21. The Hall–Kier alpha value is -3.45. The van der Waals surface area contributed by atoms with Crippen LogP contribution in [0.2, 0.25) is 0 Å². The third-order valence-corrected chi connectivity index (χ3v) is 9.64. The predicted octanol–water partition coefficient (Wildman–Crippen LogP) is 7.06. The van der Waals surface area contributed by atoms with E-state index in [4.69, 9.17) is 0 Å². The molecular formula is C35H41N3O2S. The van der Waals surface area contributed by atoms with Gasteiger partial charge in [0.25, 0.3) is 0 Å². The van der Waals surface area contributed by atoms with Gasteiger partial charge in [0.05, 0.1) is 4.90 Å². The molecule has 1 saturated heterocycles. The Labute approximate surface area is 245 Å². The second-order valence-corrected chi connectivity index (χ2v) is 12.6. The van der Waals surface area contributed by atoms with Crippen molar-refractivity contribution < 1.29 is 8.42 Å². The molecule has 0 aliphatic carbocycles. The first kappa shape index (κ1) is 29.1. The lowest BCUT2D eigenvalue weighted by Gasteiger charge is -2.32. The van der Waals surface area contributed by atoms with E-state index in [1.54, 1.807) is 12.1 Å². The highest BCUT2D eigenvalue weighted by molar-refractivity contribution is 7.89. The number of hydrogen-bond acceptors (Lipinski definition) is 4. The van der Waals surface area contributed by atoms with E-state index in [1.165, 1.54) is 16.8 Å². The summed E-state index contributed by atoms with van der Waals surface area (Å²) in [7, 11) is -3.60. The molecule has 1 heterocycles. The number of rotatable bonds is 11. The SMILES string of the molecule is CCN(CC)c1ccc(CN2CCC(c3cccc(CNS(=O)(=O)c4ccc(-c5ccccc5)cc4)c3)CC2)cc1. The van der Waals surface area contributed by atoms with E-state index < -0.39 is 10.0 Å². The fourth-order valence-electron chi connectivity index (χ4n) is 5.76. The normalized spacial score (nSPS) is 14.7. The van der Waals surface area contributed by atoms with E-state index in [2.05, 4.69) is 70.8 Å². The van der Waals surface area contributed by atoms with Crippen molar-refractivity contribution in [3.8, 4) is 11.1 Å². The molecule has 0 unspecified atom stereocenters. The summed E-state index contributed by atoms with van der Waals surface area (Å²) < 4.78 is 28.8. The molecule has 1 fully saturated rings. The highest BCUT2D eigenvalue weighted by atomic mass is 32.2. The monoisotopic (exact) mass is 567 g/mol. The van der Waals surface area contributed by atoms with Crippen LogP contribution in [-0.4, -0.2) is 39.5 Å². The maximum Gasteiger partial charge on any atom is 0.240 e. The van der Waals surface area contributed by atoms with Crippen LogP contribution >= 0.6 is 0 Å². The molecule has 1 aliphatic heterocycles. The topological polar surface area (TPSA) is 52.6 Å². The van der Waals surface area contributed by atoms with Gasteiger partial charge in [0, 0.05) is 31.9 Å². The molecule has 41 heavy (non-hydrogen) atoms. The van der Waals surface area contributed by atoms with Crippen molar-refractivity contribution in [2.24, 2.45) is 0 Å². The van der Waals surface area contributed by atoms with Gasteiger partial charge >= 0.3 is 0 Å². The highest BCUT2D eigenvalue weighted by Crippen LogP contribution is 2.30. The van der Waals surface area contributed by atoms with Gasteiger partial charge in [0.15, 0.2) is 0 Å². The Morgan fingerprint density at radius 3 is 2.07 bits per heavy atom. The van der Waals surface area contributed by atoms with Gasteiger partial charge in [-0.1, -0.05) is 78.9 Å². The average Bonchev–Trinajstić information content (AvgIpc) is 3.02. The largest absolute Gasteiger partial charge is 0.372 e. The van der Waals surface area contributed by atoms with E-state index >= 15 is 0 Å². The molecule has 1 N–H and O–H groups in total. The van der Waals surface area contributed by atoms with Crippen molar-refractivity contribution in [2.75, 3.05) is 31.1 Å². The molecule has 0 atom stereocenters. The Morgan fingerprint density at radius 2 is 1.41 bits per heavy atom. The summed E-state index contributed by atoms with van der Waals surface area (Å²) in [5.41, 5.74) is 7.01. The molecule has 0 amide bonds. The maximum absolute atomic E-state index is 13.0. The first-order valence-electron chi connectivity index (χ1n) is 14.8. The van der Waals surface area contributed by atoms with Gasteiger partial charge < -0.3 is 4.90 Å². The summed E-state index contributed by atoms with van der Waals surface area (Å²) >= 11 is 0. The van der Waals surface area contributed by atoms with Crippen LogP contribution in [-0.2, 0) is 23.1 Å². The minimum atomic E-state index is -3.60. The summed E-state index contributed by atoms with van der Waals surface area (Å²) in [5.74, 6) is 0.499. The smallest absolute Gasteiger partial charge is 0.240 e. The van der Waals surface area contributed by atoms with Crippen LogP contribution < -0.4 is 9.62 Å². The molecular weight excluding hydrogens is 526 g/mol. The van der Waals surface area contributed by atoms with Crippen LogP contribution in [0.25, 0.3) is 11.1 Å². The molecule has 5 rings (SSSR count). The molecule has 0 spiro atoms. The van der Waals surface area contributed by atoms with Gasteiger partial charge in [-0.25, -0.2) is 13.1 Å². The van der Waals surface area contributed by atoms with Crippen LogP contribution in [0.4, 0.5) is 5.69 Å². The first-order valence-corrected chi connectivity index (χ1v) is 16.2. The summed E-state index contributed by atoms with van der Waals surface area (Å²) in [6, 6.07) is 34.5. The molecule has 214 valence electrons. The van der Waals surface area contributed by atoms with Crippen molar-refractivity contribution >= 4 is 15.7 Å². The fraction of sp³-hybridized carbons (Fsp3) is 0.314. The number of anilines is 1. The lowest BCUT2D eigenvalue weighted by Crippen LogP contribution is -2.32. The van der Waals surface area contributed by atoms with Gasteiger partial charge in [-0.15, -0.1) is 0 Å². The molecule has 0 aromatic heterocycles. The molecule has 1 aliphatic rings. The fourth-order valence-corrected chi connectivity index (χ4v) is 6.78. The third kappa shape index (κ3) is 7.45. The molecule has 4 aromatic rings. The molecule has 0 radical (unpaired) electrons. The molecule has 0 saturated carbocycles. The standard InChI is InChI=1S/C35H41N3O2S/c1-3-38(4-2)34-17-13-28(14-18-34)27-37-23-21-32(22-24-37)33-12-8-9-29(25-33)26-36-41(39,40)35-19-15-31(16-20-35)30-10-6-5-7-11-30/h5-20,25,32,36H,3-4,21-24,26-27H2,1-2H3. The summed E-state index contributed by atoms with van der Waals surface area (Å²) in [6.07, 6.45) is 2.22. The molecule has 6 heteroatoms. The van der Waals surface area contributed by atoms with Crippen LogP contribution in [0.15, 0.2) is 108 Å². The first-order chi connectivity index (χ1) is 19.9. The number of benzene rings is 4. The minimum absolute atomic E-state index is 0.277. The molecule has 5 nitrogen and oxygen atoms in total. The lowest BCUT2D eigenvalue weighted by molar-refractivity contribution is 0.204. The summed E-state index contributed by atoms with van der Waals surface area (Å²) in [6.45, 7) is 9.84. The van der Waals surface area contributed by atoms with Gasteiger partial charge in [-0.2, -0.15) is 0 Å². The second-order valence-electron chi connectivity index (χ2n) is 10.8. The number of hydrogen-bond donors (Lipinski definition) is 1. The minimum Gasteiger partial charge on any atom is -0.372 e. The van der Waals surface area contributed by atoms with Crippen LogP contribution in [0.1, 0.15) is 49.3 Å². The maximum atomic E-state index is 13.0. The van der Waals surface area contributed by atoms with Gasteiger partial charge in [0.2, 0.25) is 10.0 Å². The lowest BCUT2D eigenvalue weighted by atomic mass is 9.88. The number of nitrogens with zero attached hydrogens (tertiary/aromatic N) is 2. The van der Waals surface area contributed by atoms with Crippen molar-refractivity contribution in [1.29, 1.82) is 0 Å². The number of nitrogens with one attached hydrogen (secondary N) is 1. The van der Waals surface area contributed by atoms with Gasteiger partial charge in [-0.3, -0.25) is 4.90 Å². The summed E-state index contributed by atoms with van der Waals surface area (Å²) in [5, 5.41) is 0. The zero-order valence-corrected chi connectivity index (χ0v) is 25.0. The van der Waals surface area contributed by atoms with E-state index in [-0.39, 0.29) is 11.4 Å². The van der Waals surface area contributed by atoms with Crippen LogP contribution in [0.3, 0.4) is 0 Å². The predicted molar refractivity (Wildman–Crippen MR) is 170 cm³/mol. The molecule has 0 bridgehead atoms. The third-order valence-electron chi connectivity index (χ3n) is 8.22. The van der Waals surface area contributed by atoms with Crippen molar-refractivity contribution in [3.63, 3.8) is 0 Å². The van der Waals surface area contributed by atoms with E-state index in [9.17, 15) is 8.42 Å². The van der Waals surface area contributed by atoms with Crippen molar-refractivity contribution in [1.82, 2.24) is 9.62 Å². The van der Waals surface area contributed by atoms with E-state index in [0.29, 0.717) is 5.92 Å². The Morgan fingerprint density at radius 1 is 0.756 bits per heavy atom. The quantitative estimate of drug-likeness (QED) is 0.211. The van der Waals surface area contributed by atoms with Crippen molar-refractivity contribution in [3.05, 3.63) is 120 Å². The van der Waals surface area contributed by atoms with Crippen molar-refractivity contribution in [2.45, 2.75) is 50.6 Å². The van der Waals surface area contributed by atoms with Crippen LogP contribution in [0, 0.1) is 0 Å². The van der Waals surface area contributed by atoms with E-state index in [1.807, 2.05) is 48.5 Å². The number of sulfonamides is 1. The Balaban J connectivity index is 1.14. The van der Waals surface area contributed by atoms with E-state index in [0.717, 1.165) is 62.3 Å². The zero-order valence-electron chi connectivity index (χ0n) is 24.2. The van der Waals surface area contributed by atoms with Crippen LogP contribution in [0.5, 0.6) is 0 Å². The van der Waals surface area contributed by atoms with Gasteiger partial charge in [0.1, 0.15) is 0 Å². The van der Waals surface area contributed by atoms with Gasteiger partial charge in [-0.05, 0) is 97.8 Å². The average molecular weight is 568 g/mol. The Bertz CT molecular complexity index is 1490. The summed E-state index contributed by atoms with van der Waals surface area (Å²) in [4.78, 5) is 5.20. The zero-order chi connectivity index (χ0) is 28.7. The number of piperidine rings is 1. The number of likely N-dealkylation sites (tertiary alicyclic amines) is 1. The second kappa shape index (κ2) is 13.5. The molecule has 4 aromatic carbocycles. The Kier molecular flexibility index (Phi) is 9.55.